The molecule has 0 aliphatic carbocycles. The summed E-state index contributed by atoms with van der Waals surface area (Å²) in [5.41, 5.74) is -2.92. The highest BCUT2D eigenvalue weighted by atomic mass is 32.1. The molecular weight excluding hydrogens is 536 g/mol. The van der Waals surface area contributed by atoms with Gasteiger partial charge >= 0.3 is 18.3 Å². The molecule has 208 valence electrons. The third kappa shape index (κ3) is 6.20. The van der Waals surface area contributed by atoms with Crippen LogP contribution in [0.1, 0.15) is 44.2 Å². The lowest BCUT2D eigenvalue weighted by molar-refractivity contribution is -0.185. The highest BCUT2D eigenvalue weighted by Gasteiger charge is 2.49. The van der Waals surface area contributed by atoms with Crippen molar-refractivity contribution in [1.82, 2.24) is 14.7 Å². The van der Waals surface area contributed by atoms with Crippen molar-refractivity contribution in [3.05, 3.63) is 29.3 Å². The molecule has 0 unspecified atom stereocenters. The molecule has 1 aromatic carbocycles. The topological polar surface area (TPSA) is 70.9 Å². The fourth-order valence-electron chi connectivity index (χ4n) is 4.62. The van der Waals surface area contributed by atoms with E-state index >= 15 is 0 Å². The minimum Gasteiger partial charge on any atom is -0.334 e. The second-order valence-electron chi connectivity index (χ2n) is 9.67. The predicted octanol–water partition coefficient (Wildman–Crippen LogP) is 4.17. The second kappa shape index (κ2) is 11.1. The Morgan fingerprint density at radius 2 is 1.71 bits per heavy atom. The fourth-order valence-corrected chi connectivity index (χ4v) is 5.13. The molecule has 0 atom stereocenters. The Morgan fingerprint density at radius 3 is 2.32 bits per heavy atom. The number of halogens is 6. The number of unbranched alkanes of at least 4 members (excludes halogenated alkanes) is 1. The van der Waals surface area contributed by atoms with Gasteiger partial charge in [-0.25, -0.2) is 0 Å². The van der Waals surface area contributed by atoms with Crippen LogP contribution in [0.2, 0.25) is 0 Å². The summed E-state index contributed by atoms with van der Waals surface area (Å²) in [6.07, 6.45) is -8.07. The van der Waals surface area contributed by atoms with E-state index in [4.69, 9.17) is 17.5 Å². The standard InChI is InChI=1S/C24H27F6N5O2S/c1-22(2)19(36)35(17-7-6-16(15-31)18(14-17)23(25,26)27)21(38)34(22)11-4-3-8-32-9-5-10-33(13-12-32)20(37)24(28,29)30/h6-7,14H,3-5,8-13H2,1-2H3. The summed E-state index contributed by atoms with van der Waals surface area (Å²) < 4.78 is 78.5. The number of rotatable bonds is 6. The molecule has 0 bridgehead atoms. The van der Waals surface area contributed by atoms with Gasteiger partial charge in [-0.05, 0) is 76.6 Å². The summed E-state index contributed by atoms with van der Waals surface area (Å²) in [5.74, 6) is -2.33. The average Bonchev–Trinajstić information content (AvgIpc) is 2.98. The van der Waals surface area contributed by atoms with Crippen molar-refractivity contribution in [3.63, 3.8) is 0 Å². The Kier molecular flexibility index (Phi) is 8.62. The van der Waals surface area contributed by atoms with Gasteiger partial charge in [-0.2, -0.15) is 31.6 Å². The van der Waals surface area contributed by atoms with Gasteiger partial charge in [-0.1, -0.05) is 0 Å². The van der Waals surface area contributed by atoms with E-state index in [1.807, 2.05) is 4.90 Å². The molecule has 14 heteroatoms. The number of anilines is 1. The first-order valence-electron chi connectivity index (χ1n) is 11.9. The number of carbonyl (C=O) groups excluding carboxylic acids is 2. The van der Waals surface area contributed by atoms with E-state index in [9.17, 15) is 35.9 Å². The molecule has 0 aromatic heterocycles. The van der Waals surface area contributed by atoms with E-state index in [1.54, 1.807) is 18.7 Å². The highest BCUT2D eigenvalue weighted by Crippen LogP contribution is 2.38. The van der Waals surface area contributed by atoms with Crippen LogP contribution in [0.3, 0.4) is 0 Å². The summed E-state index contributed by atoms with van der Waals surface area (Å²) in [6, 6.07) is 4.51. The smallest absolute Gasteiger partial charge is 0.334 e. The lowest BCUT2D eigenvalue weighted by Gasteiger charge is -2.30. The molecule has 0 saturated carbocycles. The van der Waals surface area contributed by atoms with Crippen LogP contribution in [0.25, 0.3) is 0 Å². The third-order valence-electron chi connectivity index (χ3n) is 6.73. The lowest BCUT2D eigenvalue weighted by Crippen LogP contribution is -2.44. The normalized spacial score (nSPS) is 19.1. The number of hydrogen-bond acceptors (Lipinski definition) is 5. The molecular formula is C24H27F6N5O2S. The summed E-state index contributed by atoms with van der Waals surface area (Å²) in [7, 11) is 0. The SMILES string of the molecule is CC1(C)C(=O)N(c2ccc(C#N)c(C(F)(F)F)c2)C(=S)N1CCCCN1CCCN(C(=O)C(F)(F)F)CC1. The molecule has 2 amide bonds. The first kappa shape index (κ1) is 29.6. The summed E-state index contributed by atoms with van der Waals surface area (Å²) >= 11 is 5.47. The van der Waals surface area contributed by atoms with Gasteiger partial charge in [0.15, 0.2) is 5.11 Å². The third-order valence-corrected chi connectivity index (χ3v) is 7.14. The van der Waals surface area contributed by atoms with E-state index in [0.29, 0.717) is 45.4 Å². The number of nitrogens with zero attached hydrogens (tertiary/aromatic N) is 5. The van der Waals surface area contributed by atoms with Crippen LogP contribution in [0.15, 0.2) is 18.2 Å². The average molecular weight is 564 g/mol. The maximum Gasteiger partial charge on any atom is 0.471 e. The zero-order valence-electron chi connectivity index (χ0n) is 20.8. The first-order chi connectivity index (χ1) is 17.6. The summed E-state index contributed by atoms with van der Waals surface area (Å²) in [4.78, 5) is 30.1. The van der Waals surface area contributed by atoms with Gasteiger partial charge in [-0.15, -0.1) is 0 Å². The fraction of sp³-hybridized carbons (Fsp3) is 0.583. The maximum atomic E-state index is 13.5. The molecule has 3 rings (SSSR count). The lowest BCUT2D eigenvalue weighted by atomic mass is 10.0. The monoisotopic (exact) mass is 563 g/mol. The Bertz CT molecular complexity index is 1130. The largest absolute Gasteiger partial charge is 0.471 e. The van der Waals surface area contributed by atoms with E-state index in [-0.39, 0.29) is 23.9 Å². The summed E-state index contributed by atoms with van der Waals surface area (Å²) in [6.45, 7) is 5.02. The number of thiocarbonyl (C=S) groups is 1. The van der Waals surface area contributed by atoms with Gasteiger partial charge in [0, 0.05) is 26.2 Å². The number of hydrogen-bond donors (Lipinski definition) is 0. The van der Waals surface area contributed by atoms with Crippen molar-refractivity contribution in [2.75, 3.05) is 44.2 Å². The molecule has 0 radical (unpaired) electrons. The van der Waals surface area contributed by atoms with Crippen molar-refractivity contribution >= 4 is 34.8 Å². The van der Waals surface area contributed by atoms with Crippen LogP contribution in [-0.4, -0.2) is 82.6 Å². The molecule has 0 spiro atoms. The molecule has 2 aliphatic rings. The number of benzene rings is 1. The minimum atomic E-state index is -4.90. The van der Waals surface area contributed by atoms with Crippen molar-refractivity contribution in [3.8, 4) is 6.07 Å². The molecule has 1 aromatic rings. The van der Waals surface area contributed by atoms with Gasteiger partial charge in [0.2, 0.25) is 0 Å². The molecule has 0 N–H and O–H groups in total. The number of carbonyl (C=O) groups is 2. The molecule has 38 heavy (non-hydrogen) atoms. The van der Waals surface area contributed by atoms with Crippen LogP contribution in [0, 0.1) is 11.3 Å². The molecule has 2 aliphatic heterocycles. The molecule has 7 nitrogen and oxygen atoms in total. The van der Waals surface area contributed by atoms with Crippen molar-refractivity contribution in [2.45, 2.75) is 51.0 Å². The molecule has 2 fully saturated rings. The van der Waals surface area contributed by atoms with Crippen LogP contribution in [-0.2, 0) is 15.8 Å². The van der Waals surface area contributed by atoms with E-state index < -0.39 is 40.8 Å². The highest BCUT2D eigenvalue weighted by molar-refractivity contribution is 7.80. The van der Waals surface area contributed by atoms with Gasteiger partial charge in [-0.3, -0.25) is 14.5 Å². The van der Waals surface area contributed by atoms with Gasteiger partial charge in [0.05, 0.1) is 22.9 Å². The predicted molar refractivity (Wildman–Crippen MR) is 130 cm³/mol. The Balaban J connectivity index is 1.61. The minimum absolute atomic E-state index is 0.0183. The zero-order chi connectivity index (χ0) is 28.5. The Hall–Kier alpha value is -2.92. The van der Waals surface area contributed by atoms with Crippen LogP contribution >= 0.6 is 12.2 Å². The second-order valence-corrected chi connectivity index (χ2v) is 10.0. The number of nitriles is 1. The van der Waals surface area contributed by atoms with Gasteiger partial charge < -0.3 is 14.7 Å². The van der Waals surface area contributed by atoms with Crippen molar-refractivity contribution in [1.29, 1.82) is 5.26 Å². The van der Waals surface area contributed by atoms with Gasteiger partial charge in [0.25, 0.3) is 5.91 Å². The quantitative estimate of drug-likeness (QED) is 0.294. The zero-order valence-corrected chi connectivity index (χ0v) is 21.6. The van der Waals surface area contributed by atoms with Crippen LogP contribution in [0.5, 0.6) is 0 Å². The Morgan fingerprint density at radius 1 is 1.05 bits per heavy atom. The van der Waals surface area contributed by atoms with Crippen LogP contribution in [0.4, 0.5) is 32.0 Å². The van der Waals surface area contributed by atoms with Crippen LogP contribution < -0.4 is 4.90 Å². The van der Waals surface area contributed by atoms with E-state index in [1.165, 1.54) is 12.1 Å². The maximum absolute atomic E-state index is 13.5. The summed E-state index contributed by atoms with van der Waals surface area (Å²) in [5, 5.41) is 9.09. The van der Waals surface area contributed by atoms with E-state index in [2.05, 4.69) is 0 Å². The van der Waals surface area contributed by atoms with Gasteiger partial charge in [0.1, 0.15) is 5.54 Å². The molecule has 2 saturated heterocycles. The number of amides is 2. The van der Waals surface area contributed by atoms with Crippen molar-refractivity contribution < 1.29 is 35.9 Å². The number of alkyl halides is 6. The molecule has 2 heterocycles. The van der Waals surface area contributed by atoms with E-state index in [0.717, 1.165) is 21.9 Å². The Labute approximate surface area is 221 Å². The van der Waals surface area contributed by atoms with Crippen molar-refractivity contribution in [2.24, 2.45) is 0 Å². The first-order valence-corrected chi connectivity index (χ1v) is 12.4.